The van der Waals surface area contributed by atoms with Crippen LogP contribution in [0.3, 0.4) is 0 Å². The summed E-state index contributed by atoms with van der Waals surface area (Å²) >= 11 is 0. The standard InChI is InChI=1S/C17H19N3O2/c1-11-3-5-13(6-4-11)9-12(2)17(21)20-8-7-15-14(10-20)16(18)22-19-15/h3-6,9H,7-8,10,18H2,1-2H3. The molecule has 22 heavy (non-hydrogen) atoms. The van der Waals surface area contributed by atoms with Crippen LogP contribution in [0.4, 0.5) is 5.88 Å². The molecule has 5 nitrogen and oxygen atoms in total. The molecule has 0 bridgehead atoms. The van der Waals surface area contributed by atoms with Crippen molar-refractivity contribution in [2.75, 3.05) is 12.3 Å². The second kappa shape index (κ2) is 5.67. The molecule has 2 heterocycles. The average Bonchev–Trinajstić information content (AvgIpc) is 2.89. The van der Waals surface area contributed by atoms with E-state index >= 15 is 0 Å². The van der Waals surface area contributed by atoms with Crippen molar-refractivity contribution in [3.63, 3.8) is 0 Å². The van der Waals surface area contributed by atoms with E-state index in [0.29, 0.717) is 31.0 Å². The van der Waals surface area contributed by atoms with Crippen LogP contribution in [-0.2, 0) is 17.8 Å². The van der Waals surface area contributed by atoms with Gasteiger partial charge in [-0.2, -0.15) is 0 Å². The zero-order chi connectivity index (χ0) is 15.7. The Bertz CT molecular complexity index is 729. The second-order valence-electron chi connectivity index (χ2n) is 5.69. The first-order valence-electron chi connectivity index (χ1n) is 7.31. The van der Waals surface area contributed by atoms with Crippen LogP contribution in [0.1, 0.15) is 29.3 Å². The molecule has 0 unspecified atom stereocenters. The van der Waals surface area contributed by atoms with Crippen LogP contribution >= 0.6 is 0 Å². The number of nitrogen functional groups attached to an aromatic ring is 1. The predicted octanol–water partition coefficient (Wildman–Crippen LogP) is 2.55. The number of nitrogens with zero attached hydrogens (tertiary/aromatic N) is 2. The number of carbonyl (C=O) groups is 1. The van der Waals surface area contributed by atoms with Crippen molar-refractivity contribution in [2.24, 2.45) is 0 Å². The molecule has 5 heteroatoms. The number of nitrogens with two attached hydrogens (primary N) is 1. The van der Waals surface area contributed by atoms with Crippen molar-refractivity contribution in [2.45, 2.75) is 26.8 Å². The number of benzene rings is 1. The number of anilines is 1. The lowest BCUT2D eigenvalue weighted by atomic mass is 10.1. The largest absolute Gasteiger partial charge is 0.367 e. The summed E-state index contributed by atoms with van der Waals surface area (Å²) in [5, 5.41) is 3.92. The predicted molar refractivity (Wildman–Crippen MR) is 84.9 cm³/mol. The number of aryl methyl sites for hydroxylation is 1. The lowest BCUT2D eigenvalue weighted by Crippen LogP contribution is -2.36. The van der Waals surface area contributed by atoms with Crippen molar-refractivity contribution in [1.82, 2.24) is 10.1 Å². The van der Waals surface area contributed by atoms with Gasteiger partial charge in [0.2, 0.25) is 11.8 Å². The first-order valence-corrected chi connectivity index (χ1v) is 7.31. The Hall–Kier alpha value is -2.56. The number of carbonyl (C=O) groups excluding carboxylic acids is 1. The Kier molecular flexibility index (Phi) is 3.71. The van der Waals surface area contributed by atoms with E-state index in [1.54, 1.807) is 4.90 Å². The van der Waals surface area contributed by atoms with Crippen molar-refractivity contribution in [1.29, 1.82) is 0 Å². The van der Waals surface area contributed by atoms with E-state index in [1.807, 2.05) is 44.2 Å². The molecule has 1 aromatic carbocycles. The fourth-order valence-electron chi connectivity index (χ4n) is 2.63. The molecule has 0 fully saturated rings. The zero-order valence-electron chi connectivity index (χ0n) is 12.8. The Balaban J connectivity index is 1.76. The third kappa shape index (κ3) is 2.74. The van der Waals surface area contributed by atoms with Gasteiger partial charge in [0.1, 0.15) is 0 Å². The first-order chi connectivity index (χ1) is 10.5. The van der Waals surface area contributed by atoms with Gasteiger partial charge in [-0.3, -0.25) is 4.79 Å². The molecule has 0 saturated carbocycles. The van der Waals surface area contributed by atoms with Gasteiger partial charge in [0.05, 0.1) is 17.8 Å². The van der Waals surface area contributed by atoms with Gasteiger partial charge in [-0.15, -0.1) is 0 Å². The number of amides is 1. The van der Waals surface area contributed by atoms with Crippen LogP contribution in [0.5, 0.6) is 0 Å². The van der Waals surface area contributed by atoms with Crippen molar-refractivity contribution < 1.29 is 9.32 Å². The quantitative estimate of drug-likeness (QED) is 0.865. The topological polar surface area (TPSA) is 72.4 Å². The van der Waals surface area contributed by atoms with E-state index in [1.165, 1.54) is 5.56 Å². The molecule has 2 N–H and O–H groups in total. The maximum atomic E-state index is 12.6. The highest BCUT2D eigenvalue weighted by Crippen LogP contribution is 2.24. The average molecular weight is 297 g/mol. The second-order valence-corrected chi connectivity index (χ2v) is 5.69. The molecule has 1 aliphatic heterocycles. The molecule has 2 aromatic rings. The molecule has 0 aliphatic carbocycles. The maximum absolute atomic E-state index is 12.6. The Morgan fingerprint density at radius 2 is 2.09 bits per heavy atom. The smallest absolute Gasteiger partial charge is 0.249 e. The third-order valence-electron chi connectivity index (χ3n) is 3.95. The molecular formula is C17H19N3O2. The van der Waals surface area contributed by atoms with Crippen molar-refractivity contribution >= 4 is 17.9 Å². The summed E-state index contributed by atoms with van der Waals surface area (Å²) in [5.41, 5.74) is 10.4. The van der Waals surface area contributed by atoms with Crippen LogP contribution in [-0.4, -0.2) is 22.5 Å². The summed E-state index contributed by atoms with van der Waals surface area (Å²) in [6, 6.07) is 8.10. The van der Waals surface area contributed by atoms with Gasteiger partial charge in [0.25, 0.3) is 0 Å². The Morgan fingerprint density at radius 1 is 1.36 bits per heavy atom. The SMILES string of the molecule is CC(=Cc1ccc(C)cc1)C(=O)N1CCc2noc(N)c2C1. The van der Waals surface area contributed by atoms with Crippen LogP contribution in [0, 0.1) is 6.92 Å². The molecule has 0 saturated heterocycles. The van der Waals surface area contributed by atoms with E-state index in [-0.39, 0.29) is 5.91 Å². The van der Waals surface area contributed by atoms with Gasteiger partial charge in [0, 0.05) is 18.5 Å². The van der Waals surface area contributed by atoms with E-state index < -0.39 is 0 Å². The molecule has 1 aliphatic rings. The summed E-state index contributed by atoms with van der Waals surface area (Å²) in [4.78, 5) is 14.4. The molecule has 0 atom stereocenters. The summed E-state index contributed by atoms with van der Waals surface area (Å²) in [5.74, 6) is 0.333. The van der Waals surface area contributed by atoms with Gasteiger partial charge >= 0.3 is 0 Å². The molecule has 0 spiro atoms. The van der Waals surface area contributed by atoms with E-state index in [2.05, 4.69) is 5.16 Å². The van der Waals surface area contributed by atoms with Crippen LogP contribution in [0.15, 0.2) is 34.4 Å². The molecular weight excluding hydrogens is 278 g/mol. The molecule has 0 radical (unpaired) electrons. The highest BCUT2D eigenvalue weighted by Gasteiger charge is 2.26. The minimum atomic E-state index is 0.0202. The summed E-state index contributed by atoms with van der Waals surface area (Å²) in [6.07, 6.45) is 2.59. The monoisotopic (exact) mass is 297 g/mol. The highest BCUT2D eigenvalue weighted by atomic mass is 16.5. The minimum absolute atomic E-state index is 0.0202. The van der Waals surface area contributed by atoms with E-state index in [0.717, 1.165) is 16.8 Å². The number of fused-ring (bicyclic) bond motifs is 1. The normalized spacial score (nSPS) is 14.8. The fraction of sp³-hybridized carbons (Fsp3) is 0.294. The highest BCUT2D eigenvalue weighted by molar-refractivity contribution is 5.97. The van der Waals surface area contributed by atoms with Crippen LogP contribution < -0.4 is 5.73 Å². The van der Waals surface area contributed by atoms with Crippen molar-refractivity contribution in [3.8, 4) is 0 Å². The third-order valence-corrected chi connectivity index (χ3v) is 3.95. The van der Waals surface area contributed by atoms with Crippen molar-refractivity contribution in [3.05, 3.63) is 52.2 Å². The summed E-state index contributed by atoms with van der Waals surface area (Å²) in [7, 11) is 0. The van der Waals surface area contributed by atoms with Gasteiger partial charge in [-0.05, 0) is 25.5 Å². The van der Waals surface area contributed by atoms with E-state index in [4.69, 9.17) is 10.3 Å². The lowest BCUT2D eigenvalue weighted by molar-refractivity contribution is -0.127. The summed E-state index contributed by atoms with van der Waals surface area (Å²) < 4.78 is 4.99. The van der Waals surface area contributed by atoms with Gasteiger partial charge < -0.3 is 15.2 Å². The molecule has 3 rings (SSSR count). The number of hydrogen-bond acceptors (Lipinski definition) is 4. The first kappa shape index (κ1) is 14.4. The summed E-state index contributed by atoms with van der Waals surface area (Å²) in [6.45, 7) is 4.98. The van der Waals surface area contributed by atoms with Gasteiger partial charge in [-0.1, -0.05) is 35.0 Å². The number of aromatic nitrogens is 1. The van der Waals surface area contributed by atoms with Gasteiger partial charge in [0.15, 0.2) is 0 Å². The van der Waals surface area contributed by atoms with Crippen LogP contribution in [0.2, 0.25) is 0 Å². The maximum Gasteiger partial charge on any atom is 0.249 e. The lowest BCUT2D eigenvalue weighted by Gasteiger charge is -2.26. The van der Waals surface area contributed by atoms with E-state index in [9.17, 15) is 4.79 Å². The minimum Gasteiger partial charge on any atom is -0.367 e. The molecule has 1 aromatic heterocycles. The van der Waals surface area contributed by atoms with Crippen LogP contribution in [0.25, 0.3) is 6.08 Å². The zero-order valence-corrected chi connectivity index (χ0v) is 12.8. The fourth-order valence-corrected chi connectivity index (χ4v) is 2.63. The van der Waals surface area contributed by atoms with Gasteiger partial charge in [-0.25, -0.2) is 0 Å². The molecule has 114 valence electrons. The Morgan fingerprint density at radius 3 is 2.82 bits per heavy atom. The number of rotatable bonds is 2. The Labute approximate surface area is 129 Å². The number of hydrogen-bond donors (Lipinski definition) is 1. The molecule has 1 amide bonds.